The molecule has 2 aromatic heterocycles. The van der Waals surface area contributed by atoms with Crippen molar-refractivity contribution in [2.45, 2.75) is 5.16 Å². The molecule has 0 saturated heterocycles. The predicted octanol–water partition coefficient (Wildman–Crippen LogP) is 0.128. The van der Waals surface area contributed by atoms with Crippen molar-refractivity contribution in [3.8, 4) is 11.5 Å². The zero-order valence-corrected chi connectivity index (χ0v) is 8.27. The Labute approximate surface area is 83.8 Å². The minimum absolute atomic E-state index is 0.111. The van der Waals surface area contributed by atoms with Gasteiger partial charge in [0.2, 0.25) is 0 Å². The average molecular weight is 232 g/mol. The quantitative estimate of drug-likeness (QED) is 0.683. The Morgan fingerprint density at radius 2 is 2.20 bits per heavy atom. The number of oxazole rings is 1. The fourth-order valence-corrected chi connectivity index (χ4v) is 1.63. The standard InChI is InChI=1S/C6H5FN4O3S/c1-11-5(4-2-14-3-8-4)9-10-6(11)15(7,12)13/h2-3H,1H3. The van der Waals surface area contributed by atoms with Gasteiger partial charge in [0.05, 0.1) is 0 Å². The van der Waals surface area contributed by atoms with Gasteiger partial charge in [-0.25, -0.2) is 4.98 Å². The van der Waals surface area contributed by atoms with Crippen LogP contribution in [-0.4, -0.2) is 28.2 Å². The van der Waals surface area contributed by atoms with Gasteiger partial charge in [-0.05, 0) is 0 Å². The SMILES string of the molecule is Cn1c(-c2cocn2)nnc1S(=O)(=O)F. The summed E-state index contributed by atoms with van der Waals surface area (Å²) in [5.41, 5.74) is 0.278. The molecule has 0 aliphatic rings. The van der Waals surface area contributed by atoms with E-state index >= 15 is 0 Å². The Morgan fingerprint density at radius 1 is 1.47 bits per heavy atom. The van der Waals surface area contributed by atoms with E-state index in [1.54, 1.807) is 0 Å². The number of nitrogens with zero attached hydrogens (tertiary/aromatic N) is 4. The third-order valence-electron chi connectivity index (χ3n) is 1.71. The van der Waals surface area contributed by atoms with Crippen molar-refractivity contribution in [2.24, 2.45) is 7.05 Å². The zero-order chi connectivity index (χ0) is 11.1. The third-order valence-corrected chi connectivity index (χ3v) is 2.51. The van der Waals surface area contributed by atoms with Crippen LogP contribution in [0.25, 0.3) is 11.5 Å². The number of rotatable bonds is 2. The van der Waals surface area contributed by atoms with Crippen molar-refractivity contribution < 1.29 is 16.7 Å². The summed E-state index contributed by atoms with van der Waals surface area (Å²) >= 11 is 0. The molecular formula is C6H5FN4O3S. The summed E-state index contributed by atoms with van der Waals surface area (Å²) in [7, 11) is -3.56. The second-order valence-electron chi connectivity index (χ2n) is 2.68. The van der Waals surface area contributed by atoms with Crippen LogP contribution in [0.5, 0.6) is 0 Å². The molecule has 0 bridgehead atoms. The van der Waals surface area contributed by atoms with Gasteiger partial charge in [0.15, 0.2) is 12.2 Å². The molecule has 0 atom stereocenters. The number of hydrogen-bond acceptors (Lipinski definition) is 6. The van der Waals surface area contributed by atoms with E-state index in [2.05, 4.69) is 19.6 Å². The lowest BCUT2D eigenvalue weighted by atomic mass is 10.4. The molecule has 2 aromatic rings. The first kappa shape index (κ1) is 9.77. The molecular weight excluding hydrogens is 227 g/mol. The second-order valence-corrected chi connectivity index (χ2v) is 3.92. The molecule has 0 aliphatic carbocycles. The van der Waals surface area contributed by atoms with Crippen LogP contribution in [0.1, 0.15) is 0 Å². The van der Waals surface area contributed by atoms with Gasteiger partial charge in [0.1, 0.15) is 12.0 Å². The largest absolute Gasteiger partial charge is 0.451 e. The predicted molar refractivity (Wildman–Crippen MR) is 44.8 cm³/mol. The second kappa shape index (κ2) is 3.12. The average Bonchev–Trinajstić information content (AvgIpc) is 2.69. The summed E-state index contributed by atoms with van der Waals surface area (Å²) in [5.74, 6) is 0.111. The summed E-state index contributed by atoms with van der Waals surface area (Å²) in [5, 5.41) is 5.94. The van der Waals surface area contributed by atoms with Crippen molar-refractivity contribution in [3.05, 3.63) is 12.7 Å². The van der Waals surface area contributed by atoms with E-state index in [4.69, 9.17) is 0 Å². The van der Waals surface area contributed by atoms with Gasteiger partial charge >= 0.3 is 10.2 Å². The molecule has 2 rings (SSSR count). The maximum absolute atomic E-state index is 12.6. The van der Waals surface area contributed by atoms with E-state index in [0.717, 1.165) is 11.0 Å². The first-order valence-electron chi connectivity index (χ1n) is 3.73. The highest BCUT2D eigenvalue weighted by molar-refractivity contribution is 7.86. The van der Waals surface area contributed by atoms with Crippen molar-refractivity contribution in [3.63, 3.8) is 0 Å². The minimum Gasteiger partial charge on any atom is -0.451 e. The zero-order valence-electron chi connectivity index (χ0n) is 7.45. The monoisotopic (exact) mass is 232 g/mol. The molecule has 0 amide bonds. The Balaban J connectivity index is 2.60. The van der Waals surface area contributed by atoms with Gasteiger partial charge in [-0.15, -0.1) is 10.2 Å². The highest BCUT2D eigenvalue weighted by Gasteiger charge is 2.23. The third kappa shape index (κ3) is 1.61. The van der Waals surface area contributed by atoms with Crippen LogP contribution in [0.3, 0.4) is 0 Å². The molecule has 0 aromatic carbocycles. The van der Waals surface area contributed by atoms with Crippen molar-refractivity contribution >= 4 is 10.2 Å². The topological polar surface area (TPSA) is 90.9 Å². The molecule has 0 aliphatic heterocycles. The van der Waals surface area contributed by atoms with Gasteiger partial charge in [-0.3, -0.25) is 4.57 Å². The lowest BCUT2D eigenvalue weighted by molar-refractivity contribution is 0.534. The van der Waals surface area contributed by atoms with Crippen LogP contribution < -0.4 is 0 Å². The summed E-state index contributed by atoms with van der Waals surface area (Å²) < 4.78 is 39.5. The normalized spacial score (nSPS) is 11.9. The van der Waals surface area contributed by atoms with Crippen LogP contribution in [-0.2, 0) is 17.3 Å². The highest BCUT2D eigenvalue weighted by Crippen LogP contribution is 2.17. The molecule has 15 heavy (non-hydrogen) atoms. The maximum Gasteiger partial charge on any atom is 0.368 e. The van der Waals surface area contributed by atoms with Crippen LogP contribution in [0.4, 0.5) is 3.89 Å². The smallest absolute Gasteiger partial charge is 0.368 e. The van der Waals surface area contributed by atoms with Crippen molar-refractivity contribution in [1.29, 1.82) is 0 Å². The minimum atomic E-state index is -4.87. The van der Waals surface area contributed by atoms with Crippen LogP contribution in [0.2, 0.25) is 0 Å². The Bertz CT molecular complexity index is 574. The molecule has 0 radical (unpaired) electrons. The fourth-order valence-electron chi connectivity index (χ4n) is 1.07. The van der Waals surface area contributed by atoms with E-state index in [0.29, 0.717) is 0 Å². The summed E-state index contributed by atoms with van der Waals surface area (Å²) in [6.45, 7) is 0. The fraction of sp³-hybridized carbons (Fsp3) is 0.167. The van der Waals surface area contributed by atoms with E-state index in [9.17, 15) is 12.3 Å². The van der Waals surface area contributed by atoms with E-state index in [1.165, 1.54) is 13.3 Å². The Morgan fingerprint density at radius 3 is 2.67 bits per heavy atom. The molecule has 0 fully saturated rings. The van der Waals surface area contributed by atoms with Gasteiger partial charge < -0.3 is 4.42 Å². The lowest BCUT2D eigenvalue weighted by Gasteiger charge is -1.96. The number of halogens is 1. The Hall–Kier alpha value is -1.77. The highest BCUT2D eigenvalue weighted by atomic mass is 32.3. The molecule has 9 heteroatoms. The van der Waals surface area contributed by atoms with Crippen LogP contribution in [0.15, 0.2) is 22.2 Å². The molecule has 7 nitrogen and oxygen atoms in total. The van der Waals surface area contributed by atoms with Gasteiger partial charge in [-0.2, -0.15) is 8.42 Å². The molecule has 2 heterocycles. The summed E-state index contributed by atoms with van der Waals surface area (Å²) in [6, 6.07) is 0. The van der Waals surface area contributed by atoms with Crippen LogP contribution in [0, 0.1) is 0 Å². The molecule has 0 unspecified atom stereocenters. The van der Waals surface area contributed by atoms with E-state index < -0.39 is 15.4 Å². The number of hydrogen-bond donors (Lipinski definition) is 0. The molecule has 80 valence electrons. The Kier molecular flexibility index (Phi) is 2.03. The van der Waals surface area contributed by atoms with E-state index in [1.807, 2.05) is 0 Å². The lowest BCUT2D eigenvalue weighted by Crippen LogP contribution is -2.03. The summed E-state index contributed by atoms with van der Waals surface area (Å²) in [6.07, 6.45) is 2.40. The molecule has 0 saturated carbocycles. The van der Waals surface area contributed by atoms with Gasteiger partial charge in [-0.1, -0.05) is 3.89 Å². The first-order valence-corrected chi connectivity index (χ1v) is 5.11. The van der Waals surface area contributed by atoms with Crippen molar-refractivity contribution in [1.82, 2.24) is 19.7 Å². The van der Waals surface area contributed by atoms with Crippen molar-refractivity contribution in [2.75, 3.05) is 0 Å². The molecule has 0 N–H and O–H groups in total. The molecule has 0 spiro atoms. The van der Waals surface area contributed by atoms with Gasteiger partial charge in [0, 0.05) is 7.05 Å². The van der Waals surface area contributed by atoms with Gasteiger partial charge in [0.25, 0.3) is 5.16 Å². The maximum atomic E-state index is 12.6. The van der Waals surface area contributed by atoms with Crippen LogP contribution >= 0.6 is 0 Å². The summed E-state index contributed by atoms with van der Waals surface area (Å²) in [4.78, 5) is 3.74. The first-order chi connectivity index (χ1) is 7.00. The number of aromatic nitrogens is 4. The van der Waals surface area contributed by atoms with E-state index in [-0.39, 0.29) is 11.5 Å².